The summed E-state index contributed by atoms with van der Waals surface area (Å²) < 4.78 is 10.9. The number of amides is 1. The van der Waals surface area contributed by atoms with E-state index in [0.29, 0.717) is 18.2 Å². The van der Waals surface area contributed by atoms with Gasteiger partial charge in [0.2, 0.25) is 5.91 Å². The highest BCUT2D eigenvalue weighted by molar-refractivity contribution is 7.15. The molecule has 1 unspecified atom stereocenters. The molecule has 3 aromatic rings. The molecule has 5 nitrogen and oxygen atoms in total. The van der Waals surface area contributed by atoms with E-state index in [9.17, 15) is 4.79 Å². The van der Waals surface area contributed by atoms with E-state index in [1.54, 1.807) is 7.11 Å². The fourth-order valence-electron chi connectivity index (χ4n) is 3.10. The SMILES string of the molecule is COc1ccc(Cc2cnc(NC(=O)C3COc4ccccc4C3)s2)cc1. The predicted octanol–water partition coefficient (Wildman–Crippen LogP) is 3.93. The predicted molar refractivity (Wildman–Crippen MR) is 106 cm³/mol. The van der Waals surface area contributed by atoms with Crippen LogP contribution in [0, 0.1) is 5.92 Å². The number of carbonyl (C=O) groups excluding carboxylic acids is 1. The smallest absolute Gasteiger partial charge is 0.233 e. The van der Waals surface area contributed by atoms with Crippen molar-refractivity contribution in [2.75, 3.05) is 19.0 Å². The van der Waals surface area contributed by atoms with Gasteiger partial charge in [-0.1, -0.05) is 30.3 Å². The minimum atomic E-state index is -0.200. The number of aromatic nitrogens is 1. The zero-order valence-corrected chi connectivity index (χ0v) is 15.8. The van der Waals surface area contributed by atoms with Gasteiger partial charge in [0.15, 0.2) is 5.13 Å². The van der Waals surface area contributed by atoms with E-state index in [1.807, 2.05) is 54.7 Å². The van der Waals surface area contributed by atoms with Gasteiger partial charge in [0.05, 0.1) is 13.0 Å². The van der Waals surface area contributed by atoms with Gasteiger partial charge >= 0.3 is 0 Å². The lowest BCUT2D eigenvalue weighted by Crippen LogP contribution is -2.32. The number of thiazole rings is 1. The molecule has 1 aromatic heterocycles. The molecule has 27 heavy (non-hydrogen) atoms. The Kier molecular flexibility index (Phi) is 5.07. The number of hydrogen-bond acceptors (Lipinski definition) is 5. The highest BCUT2D eigenvalue weighted by Gasteiger charge is 2.26. The highest BCUT2D eigenvalue weighted by Crippen LogP contribution is 2.28. The van der Waals surface area contributed by atoms with Crippen LogP contribution >= 0.6 is 11.3 Å². The van der Waals surface area contributed by atoms with Gasteiger partial charge in [0.25, 0.3) is 0 Å². The molecule has 1 atom stereocenters. The van der Waals surface area contributed by atoms with Gasteiger partial charge < -0.3 is 14.8 Å². The van der Waals surface area contributed by atoms with Crippen molar-refractivity contribution in [3.05, 3.63) is 70.7 Å². The number of hydrogen-bond donors (Lipinski definition) is 1. The zero-order valence-electron chi connectivity index (χ0n) is 15.0. The number of benzene rings is 2. The van der Waals surface area contributed by atoms with Crippen LogP contribution in [0.5, 0.6) is 11.5 Å². The minimum Gasteiger partial charge on any atom is -0.497 e. The van der Waals surface area contributed by atoms with Crippen LogP contribution in [-0.4, -0.2) is 24.6 Å². The van der Waals surface area contributed by atoms with Crippen molar-refractivity contribution < 1.29 is 14.3 Å². The fourth-order valence-corrected chi connectivity index (χ4v) is 3.95. The summed E-state index contributed by atoms with van der Waals surface area (Å²) in [5.74, 6) is 1.47. The van der Waals surface area contributed by atoms with Crippen molar-refractivity contribution in [2.45, 2.75) is 12.8 Å². The van der Waals surface area contributed by atoms with Crippen LogP contribution in [0.25, 0.3) is 0 Å². The quantitative estimate of drug-likeness (QED) is 0.729. The lowest BCUT2D eigenvalue weighted by molar-refractivity contribution is -0.121. The molecule has 138 valence electrons. The first-order valence-electron chi connectivity index (χ1n) is 8.80. The zero-order chi connectivity index (χ0) is 18.6. The molecule has 1 aliphatic heterocycles. The number of rotatable bonds is 5. The van der Waals surface area contributed by atoms with E-state index in [4.69, 9.17) is 9.47 Å². The topological polar surface area (TPSA) is 60.5 Å². The van der Waals surface area contributed by atoms with E-state index < -0.39 is 0 Å². The number of methoxy groups -OCH3 is 1. The van der Waals surface area contributed by atoms with Gasteiger partial charge in [-0.25, -0.2) is 4.98 Å². The summed E-state index contributed by atoms with van der Waals surface area (Å²) >= 11 is 1.50. The Morgan fingerprint density at radius 2 is 2.07 bits per heavy atom. The summed E-state index contributed by atoms with van der Waals surface area (Å²) in [6, 6.07) is 15.8. The van der Waals surface area contributed by atoms with E-state index in [-0.39, 0.29) is 11.8 Å². The van der Waals surface area contributed by atoms with Gasteiger partial charge in [0, 0.05) is 17.5 Å². The van der Waals surface area contributed by atoms with Gasteiger partial charge in [-0.05, 0) is 35.7 Å². The molecule has 0 fully saturated rings. The molecule has 1 aliphatic rings. The normalized spacial score (nSPS) is 15.5. The van der Waals surface area contributed by atoms with Crippen LogP contribution < -0.4 is 14.8 Å². The number of carbonyl (C=O) groups is 1. The lowest BCUT2D eigenvalue weighted by atomic mass is 9.96. The summed E-state index contributed by atoms with van der Waals surface area (Å²) in [5.41, 5.74) is 2.25. The number of para-hydroxylation sites is 1. The summed E-state index contributed by atoms with van der Waals surface area (Å²) in [4.78, 5) is 18.0. The number of fused-ring (bicyclic) bond motifs is 1. The van der Waals surface area contributed by atoms with Gasteiger partial charge in [0.1, 0.15) is 18.1 Å². The van der Waals surface area contributed by atoms with Crippen molar-refractivity contribution in [3.63, 3.8) is 0 Å². The molecule has 0 saturated heterocycles. The first kappa shape index (κ1) is 17.5. The summed E-state index contributed by atoms with van der Waals surface area (Å²) in [5, 5.41) is 3.56. The van der Waals surface area contributed by atoms with Crippen LogP contribution in [0.4, 0.5) is 5.13 Å². The third-order valence-corrected chi connectivity index (χ3v) is 5.48. The number of nitrogens with one attached hydrogen (secondary N) is 1. The minimum absolute atomic E-state index is 0.0464. The van der Waals surface area contributed by atoms with Crippen molar-refractivity contribution in [2.24, 2.45) is 5.92 Å². The van der Waals surface area contributed by atoms with Crippen LogP contribution in [0.3, 0.4) is 0 Å². The van der Waals surface area contributed by atoms with E-state index in [1.165, 1.54) is 16.9 Å². The monoisotopic (exact) mass is 380 g/mol. The standard InChI is InChI=1S/C21H20N2O3S/c1-25-17-8-6-14(7-9-17)10-18-12-22-21(27-18)23-20(24)16-11-15-4-2-3-5-19(15)26-13-16/h2-9,12,16H,10-11,13H2,1H3,(H,22,23,24). The maximum atomic E-state index is 12.6. The third kappa shape index (κ3) is 4.11. The third-order valence-electron chi connectivity index (χ3n) is 4.57. The van der Waals surface area contributed by atoms with E-state index in [0.717, 1.165) is 28.4 Å². The molecule has 1 amide bonds. The largest absolute Gasteiger partial charge is 0.497 e. The summed E-state index contributed by atoms with van der Waals surface area (Å²) in [6.07, 6.45) is 3.28. The maximum absolute atomic E-state index is 12.6. The Bertz CT molecular complexity index is 937. The van der Waals surface area contributed by atoms with Crippen LogP contribution in [0.1, 0.15) is 16.0 Å². The van der Waals surface area contributed by atoms with E-state index in [2.05, 4.69) is 10.3 Å². The first-order chi connectivity index (χ1) is 13.2. The molecule has 0 saturated carbocycles. The number of ether oxygens (including phenoxy) is 2. The summed E-state index contributed by atoms with van der Waals surface area (Å²) in [6.45, 7) is 0.396. The van der Waals surface area contributed by atoms with Crippen molar-refractivity contribution in [1.29, 1.82) is 0 Å². The Balaban J connectivity index is 1.37. The molecule has 6 heteroatoms. The molecular formula is C21H20N2O3S. The van der Waals surface area contributed by atoms with Gasteiger partial charge in [-0.15, -0.1) is 11.3 Å². The van der Waals surface area contributed by atoms with Crippen LogP contribution in [-0.2, 0) is 17.6 Å². The van der Waals surface area contributed by atoms with Gasteiger partial charge in [-0.3, -0.25) is 4.79 Å². The molecule has 0 bridgehead atoms. The Morgan fingerprint density at radius 1 is 1.26 bits per heavy atom. The number of nitrogens with zero attached hydrogens (tertiary/aromatic N) is 1. The molecule has 1 N–H and O–H groups in total. The molecular weight excluding hydrogens is 360 g/mol. The molecule has 4 rings (SSSR count). The molecule has 2 aromatic carbocycles. The second-order valence-electron chi connectivity index (χ2n) is 6.47. The summed E-state index contributed by atoms with van der Waals surface area (Å²) in [7, 11) is 1.66. The maximum Gasteiger partial charge on any atom is 0.233 e. The fraction of sp³-hybridized carbons (Fsp3) is 0.238. The van der Waals surface area contributed by atoms with E-state index >= 15 is 0 Å². The second-order valence-corrected chi connectivity index (χ2v) is 7.58. The highest BCUT2D eigenvalue weighted by atomic mass is 32.1. The molecule has 0 spiro atoms. The van der Waals surface area contributed by atoms with Gasteiger partial charge in [-0.2, -0.15) is 0 Å². The molecule has 0 aliphatic carbocycles. The Morgan fingerprint density at radius 3 is 2.89 bits per heavy atom. The molecule has 2 heterocycles. The Hall–Kier alpha value is -2.86. The van der Waals surface area contributed by atoms with Crippen LogP contribution in [0.2, 0.25) is 0 Å². The second kappa shape index (κ2) is 7.80. The number of anilines is 1. The van der Waals surface area contributed by atoms with Crippen molar-refractivity contribution in [3.8, 4) is 11.5 Å². The Labute approximate surface area is 162 Å². The van der Waals surface area contributed by atoms with Crippen LogP contribution in [0.15, 0.2) is 54.7 Å². The van der Waals surface area contributed by atoms with Crippen molar-refractivity contribution >= 4 is 22.4 Å². The van der Waals surface area contributed by atoms with Crippen molar-refractivity contribution in [1.82, 2.24) is 4.98 Å². The lowest BCUT2D eigenvalue weighted by Gasteiger charge is -2.24. The average molecular weight is 380 g/mol. The molecule has 0 radical (unpaired) electrons. The first-order valence-corrected chi connectivity index (χ1v) is 9.62. The average Bonchev–Trinajstić information content (AvgIpc) is 3.15.